The fourth-order valence-electron chi connectivity index (χ4n) is 1.62. The van der Waals surface area contributed by atoms with Crippen molar-refractivity contribution in [3.05, 3.63) is 148 Å². The first-order chi connectivity index (χ1) is 18.0. The van der Waals surface area contributed by atoms with Gasteiger partial charge in [-0.25, -0.2) is 24.9 Å². The van der Waals surface area contributed by atoms with Gasteiger partial charge in [-0.15, -0.1) is 0 Å². The summed E-state index contributed by atoms with van der Waals surface area (Å²) in [6.07, 6.45) is 30.8. The number of hydrogen-bond acceptors (Lipinski definition) is 11. The van der Waals surface area contributed by atoms with Gasteiger partial charge < -0.3 is 4.74 Å². The molecule has 0 amide bonds. The molecule has 6 heterocycles. The van der Waals surface area contributed by atoms with Crippen LogP contribution in [0.25, 0.3) is 0 Å². The number of nitrogens with zero attached hydrogens (tertiary/aromatic N) is 10. The highest BCUT2D eigenvalue weighted by molar-refractivity contribution is 4.92. The van der Waals surface area contributed by atoms with Crippen molar-refractivity contribution < 1.29 is 4.74 Å². The summed E-state index contributed by atoms with van der Waals surface area (Å²) in [6.45, 7) is 0. The molecule has 0 spiro atoms. The van der Waals surface area contributed by atoms with Gasteiger partial charge in [-0.2, -0.15) is 10.2 Å². The summed E-state index contributed by atoms with van der Waals surface area (Å²) in [4.78, 5) is 29.3. The van der Waals surface area contributed by atoms with Crippen LogP contribution >= 0.6 is 0 Å². The van der Waals surface area contributed by atoms with Crippen molar-refractivity contribution in [2.75, 3.05) is 0 Å². The Morgan fingerprint density at radius 2 is 0.778 bits per heavy atom. The summed E-state index contributed by atoms with van der Waals surface area (Å²) in [6, 6.07) is 11.1. The number of aromatic nitrogens is 10. The molecule has 0 fully saturated rings. The van der Waals surface area contributed by atoms with Crippen LogP contribution in [-0.2, 0) is 4.74 Å². The van der Waals surface area contributed by atoms with E-state index in [1.807, 2.05) is 42.5 Å². The molecule has 0 aliphatic carbocycles. The van der Waals surface area contributed by atoms with E-state index in [0.29, 0.717) is 0 Å². The van der Waals surface area contributed by atoms with Gasteiger partial charge in [-0.3, -0.25) is 15.0 Å². The second kappa shape index (κ2) is 25.9. The van der Waals surface area contributed by atoms with Gasteiger partial charge in [-0.1, -0.05) is 6.07 Å². The topological polar surface area (TPSA) is 138 Å². The lowest BCUT2D eigenvalue weighted by Gasteiger charge is -1.91. The first-order valence-electron chi connectivity index (χ1n) is 10.5. The molecule has 0 saturated heterocycles. The maximum Gasteiger partial charge on any atom is 0.119 e. The fraction of sp³-hybridized carbons (Fsp3) is 0.0400. The quantitative estimate of drug-likeness (QED) is 0.318. The van der Waals surface area contributed by atoms with Crippen LogP contribution in [-0.4, -0.2) is 50.1 Å². The Morgan fingerprint density at radius 3 is 0.944 bits per heavy atom. The molecule has 0 radical (unpaired) electrons. The van der Waals surface area contributed by atoms with Crippen LogP contribution in [0.4, 0.5) is 0 Å². The van der Waals surface area contributed by atoms with Gasteiger partial charge in [0.25, 0.3) is 0 Å². The summed E-state index contributed by atoms with van der Waals surface area (Å²) >= 11 is 0. The van der Waals surface area contributed by atoms with Crippen molar-refractivity contribution in [3.63, 3.8) is 0 Å². The summed E-state index contributed by atoms with van der Waals surface area (Å²) in [5.41, 5.74) is 0. The third-order valence-electron chi connectivity index (χ3n) is 3.03. The largest absolute Gasteiger partial charge is 0.473 e. The Kier molecular flexibility index (Phi) is 20.7. The fourth-order valence-corrected chi connectivity index (χ4v) is 1.62. The molecular weight excluding hydrogens is 456 g/mol. The van der Waals surface area contributed by atoms with E-state index in [0.717, 1.165) is 6.42 Å². The summed E-state index contributed by atoms with van der Waals surface area (Å²) in [5, 5.41) is 7.07. The zero-order valence-electron chi connectivity index (χ0n) is 19.4. The number of rotatable bonds is 0. The lowest BCUT2D eigenvalue weighted by molar-refractivity contribution is 0.393. The minimum Gasteiger partial charge on any atom is -0.473 e. The predicted molar refractivity (Wildman–Crippen MR) is 134 cm³/mol. The standard InChI is InChI=1S/C5H5N.C5H6O.3C4H4N2.C3H3N3/c2*1-2-4-6-5-3-1;1-2-6-4-3-5-1;1-2-5-4-6-3-1;1-2-4-6-5-3-1;1-4-2-6-3-5-1/h1-5H;2-5H,1H2;3*1-4H;1-3H. The molecule has 1 aliphatic heterocycles. The predicted octanol–water partition coefficient (Wildman–Crippen LogP) is 3.82. The van der Waals surface area contributed by atoms with Crippen molar-refractivity contribution in [2.24, 2.45) is 0 Å². The third-order valence-corrected chi connectivity index (χ3v) is 3.03. The Morgan fingerprint density at radius 1 is 0.361 bits per heavy atom. The number of allylic oxidation sites excluding steroid dienone is 2. The summed E-state index contributed by atoms with van der Waals surface area (Å²) in [5.74, 6) is 0. The van der Waals surface area contributed by atoms with Crippen LogP contribution < -0.4 is 0 Å². The zero-order valence-corrected chi connectivity index (χ0v) is 19.4. The van der Waals surface area contributed by atoms with E-state index in [-0.39, 0.29) is 0 Å². The highest BCUT2D eigenvalue weighted by atomic mass is 16.5. The zero-order chi connectivity index (χ0) is 25.5. The Hall–Kier alpha value is -5.32. The molecule has 5 aromatic heterocycles. The average Bonchev–Trinajstić information content (AvgIpc) is 3.04. The number of pyridine rings is 1. The van der Waals surface area contributed by atoms with E-state index < -0.39 is 0 Å². The van der Waals surface area contributed by atoms with Crippen molar-refractivity contribution in [1.29, 1.82) is 0 Å². The minimum absolute atomic E-state index is 1.01. The molecular formula is C25H26N10O. The average molecular weight is 483 g/mol. The van der Waals surface area contributed by atoms with Gasteiger partial charge in [0.2, 0.25) is 0 Å². The van der Waals surface area contributed by atoms with Crippen LogP contribution in [0.3, 0.4) is 0 Å². The second-order valence-electron chi connectivity index (χ2n) is 5.65. The van der Waals surface area contributed by atoms with E-state index >= 15 is 0 Å². The Labute approximate surface area is 209 Å². The number of hydrogen-bond donors (Lipinski definition) is 0. The molecule has 0 atom stereocenters. The lowest BCUT2D eigenvalue weighted by Crippen LogP contribution is -1.73. The van der Waals surface area contributed by atoms with Crippen LogP contribution in [0, 0.1) is 0 Å². The molecule has 182 valence electrons. The molecule has 5 aromatic rings. The monoisotopic (exact) mass is 482 g/mol. The van der Waals surface area contributed by atoms with Gasteiger partial charge >= 0.3 is 0 Å². The molecule has 0 bridgehead atoms. The van der Waals surface area contributed by atoms with Gasteiger partial charge in [0, 0.05) is 62.0 Å². The van der Waals surface area contributed by atoms with E-state index in [9.17, 15) is 0 Å². The Balaban J connectivity index is 0.000000216. The first-order valence-corrected chi connectivity index (χ1v) is 10.5. The highest BCUT2D eigenvalue weighted by Gasteiger charge is 1.75. The molecule has 0 N–H and O–H groups in total. The minimum atomic E-state index is 1.01. The van der Waals surface area contributed by atoms with E-state index in [4.69, 9.17) is 4.74 Å². The normalized spacial score (nSPS) is 9.56. The molecule has 6 rings (SSSR count). The SMILES string of the molecule is C1=COC=CC1.c1ccncc1.c1ccnnc1.c1cnccn1.c1cncnc1.c1ncncn1. The van der Waals surface area contributed by atoms with Crippen molar-refractivity contribution in [2.45, 2.75) is 6.42 Å². The van der Waals surface area contributed by atoms with E-state index in [1.165, 1.54) is 25.3 Å². The lowest BCUT2D eigenvalue weighted by atomic mass is 10.4. The first kappa shape index (κ1) is 28.7. The maximum absolute atomic E-state index is 4.71. The molecule has 11 heteroatoms. The van der Waals surface area contributed by atoms with Crippen LogP contribution in [0.15, 0.2) is 148 Å². The number of ether oxygens (including phenoxy) is 1. The van der Waals surface area contributed by atoms with E-state index in [2.05, 4.69) is 50.1 Å². The Bertz CT molecular complexity index is 740. The van der Waals surface area contributed by atoms with Gasteiger partial charge in [-0.05, 0) is 48.9 Å². The van der Waals surface area contributed by atoms with Crippen LogP contribution in [0.2, 0.25) is 0 Å². The molecule has 0 aromatic carbocycles. The van der Waals surface area contributed by atoms with Crippen LogP contribution in [0.5, 0.6) is 0 Å². The molecule has 0 saturated carbocycles. The summed E-state index contributed by atoms with van der Waals surface area (Å²) < 4.78 is 4.71. The maximum atomic E-state index is 4.71. The summed E-state index contributed by atoms with van der Waals surface area (Å²) in [7, 11) is 0. The van der Waals surface area contributed by atoms with Crippen molar-refractivity contribution in [3.8, 4) is 0 Å². The molecule has 11 nitrogen and oxygen atoms in total. The highest BCUT2D eigenvalue weighted by Crippen LogP contribution is 1.93. The molecule has 1 aliphatic rings. The molecule has 36 heavy (non-hydrogen) atoms. The second-order valence-corrected chi connectivity index (χ2v) is 5.65. The third kappa shape index (κ3) is 23.3. The van der Waals surface area contributed by atoms with E-state index in [1.54, 1.807) is 80.6 Å². The van der Waals surface area contributed by atoms with Gasteiger partial charge in [0.1, 0.15) is 25.3 Å². The van der Waals surface area contributed by atoms with Crippen LogP contribution in [0.1, 0.15) is 6.42 Å². The van der Waals surface area contributed by atoms with Gasteiger partial charge in [0.15, 0.2) is 0 Å². The van der Waals surface area contributed by atoms with Gasteiger partial charge in [0.05, 0.1) is 12.5 Å². The smallest absolute Gasteiger partial charge is 0.119 e. The molecule has 0 unspecified atom stereocenters. The van der Waals surface area contributed by atoms with Crippen molar-refractivity contribution >= 4 is 0 Å². The van der Waals surface area contributed by atoms with Crippen molar-refractivity contribution in [1.82, 2.24) is 50.1 Å².